The molecule has 0 spiro atoms. The van der Waals surface area contributed by atoms with E-state index in [1.54, 1.807) is 0 Å². The van der Waals surface area contributed by atoms with Gasteiger partial charge in [-0.1, -0.05) is 12.1 Å². The first-order valence-electron chi connectivity index (χ1n) is 6.88. The lowest BCUT2D eigenvalue weighted by atomic mass is 9.99. The van der Waals surface area contributed by atoms with Gasteiger partial charge in [0.25, 0.3) is 0 Å². The molecule has 2 aliphatic heterocycles. The SMILES string of the molecule is c1cc2c(c(Nc3ccc4c(c3)OCO4)c1)CCNC2. The Kier molecular flexibility index (Phi) is 2.74. The number of hydrogen-bond donors (Lipinski definition) is 2. The van der Waals surface area contributed by atoms with Crippen molar-refractivity contribution >= 4 is 11.4 Å². The molecular formula is C16H16N2O2. The summed E-state index contributed by atoms with van der Waals surface area (Å²) < 4.78 is 10.8. The van der Waals surface area contributed by atoms with Crippen molar-refractivity contribution in [1.29, 1.82) is 0 Å². The van der Waals surface area contributed by atoms with Gasteiger partial charge in [0.1, 0.15) is 0 Å². The van der Waals surface area contributed by atoms with Gasteiger partial charge in [-0.05, 0) is 42.3 Å². The van der Waals surface area contributed by atoms with E-state index in [1.165, 1.54) is 16.8 Å². The van der Waals surface area contributed by atoms with Crippen LogP contribution in [0.1, 0.15) is 11.1 Å². The molecule has 2 aromatic carbocycles. The van der Waals surface area contributed by atoms with Crippen molar-refractivity contribution in [2.45, 2.75) is 13.0 Å². The summed E-state index contributed by atoms with van der Waals surface area (Å²) in [6, 6.07) is 12.4. The Hall–Kier alpha value is -2.20. The van der Waals surface area contributed by atoms with Crippen LogP contribution in [0.3, 0.4) is 0 Å². The molecule has 0 atom stereocenters. The van der Waals surface area contributed by atoms with Crippen LogP contribution in [0.15, 0.2) is 36.4 Å². The van der Waals surface area contributed by atoms with Crippen LogP contribution in [-0.4, -0.2) is 13.3 Å². The van der Waals surface area contributed by atoms with Crippen molar-refractivity contribution in [2.75, 3.05) is 18.7 Å². The molecule has 0 fully saturated rings. The highest BCUT2D eigenvalue weighted by Crippen LogP contribution is 2.36. The number of anilines is 2. The average molecular weight is 268 g/mol. The summed E-state index contributed by atoms with van der Waals surface area (Å²) in [5.41, 5.74) is 5.00. The summed E-state index contributed by atoms with van der Waals surface area (Å²) in [5.74, 6) is 1.62. The van der Waals surface area contributed by atoms with Crippen LogP contribution in [-0.2, 0) is 13.0 Å². The van der Waals surface area contributed by atoms with Gasteiger partial charge in [0.2, 0.25) is 6.79 Å². The van der Waals surface area contributed by atoms with Crippen molar-refractivity contribution < 1.29 is 9.47 Å². The van der Waals surface area contributed by atoms with E-state index in [9.17, 15) is 0 Å². The number of fused-ring (bicyclic) bond motifs is 2. The topological polar surface area (TPSA) is 42.5 Å². The number of hydrogen-bond acceptors (Lipinski definition) is 4. The minimum Gasteiger partial charge on any atom is -0.454 e. The molecule has 0 unspecified atom stereocenters. The normalized spacial score (nSPS) is 15.8. The third kappa shape index (κ3) is 1.98. The van der Waals surface area contributed by atoms with Crippen LogP contribution in [0.4, 0.5) is 11.4 Å². The fourth-order valence-electron chi connectivity index (χ4n) is 2.78. The minimum absolute atomic E-state index is 0.311. The number of rotatable bonds is 2. The van der Waals surface area contributed by atoms with Gasteiger partial charge in [-0.25, -0.2) is 0 Å². The van der Waals surface area contributed by atoms with Crippen molar-refractivity contribution in [1.82, 2.24) is 5.32 Å². The van der Waals surface area contributed by atoms with Gasteiger partial charge in [-0.15, -0.1) is 0 Å². The van der Waals surface area contributed by atoms with Crippen LogP contribution < -0.4 is 20.1 Å². The van der Waals surface area contributed by atoms with E-state index in [4.69, 9.17) is 9.47 Å². The molecule has 4 nitrogen and oxygen atoms in total. The first-order chi connectivity index (χ1) is 9.90. The Balaban J connectivity index is 1.66. The maximum Gasteiger partial charge on any atom is 0.231 e. The second-order valence-corrected chi connectivity index (χ2v) is 5.06. The van der Waals surface area contributed by atoms with Crippen molar-refractivity contribution in [2.24, 2.45) is 0 Å². The summed E-state index contributed by atoms with van der Waals surface area (Å²) >= 11 is 0. The maximum absolute atomic E-state index is 5.42. The van der Waals surface area contributed by atoms with E-state index < -0.39 is 0 Å². The Morgan fingerprint density at radius 3 is 3.00 bits per heavy atom. The lowest BCUT2D eigenvalue weighted by molar-refractivity contribution is 0.174. The highest BCUT2D eigenvalue weighted by molar-refractivity contribution is 5.67. The Labute approximate surface area is 117 Å². The molecule has 0 saturated heterocycles. The summed E-state index contributed by atoms with van der Waals surface area (Å²) in [6.45, 7) is 2.30. The number of nitrogens with one attached hydrogen (secondary N) is 2. The zero-order valence-electron chi connectivity index (χ0n) is 11.1. The second kappa shape index (κ2) is 4.72. The van der Waals surface area contributed by atoms with Crippen molar-refractivity contribution in [3.63, 3.8) is 0 Å². The molecule has 20 heavy (non-hydrogen) atoms. The van der Waals surface area contributed by atoms with E-state index in [0.29, 0.717) is 6.79 Å². The summed E-state index contributed by atoms with van der Waals surface area (Å²) in [4.78, 5) is 0. The Bertz CT molecular complexity index is 655. The van der Waals surface area contributed by atoms with Crippen LogP contribution in [0.25, 0.3) is 0 Å². The Morgan fingerprint density at radius 2 is 2.00 bits per heavy atom. The van der Waals surface area contributed by atoms with Gasteiger partial charge < -0.3 is 20.1 Å². The molecule has 2 aromatic rings. The van der Waals surface area contributed by atoms with Gasteiger partial charge in [0.15, 0.2) is 11.5 Å². The van der Waals surface area contributed by atoms with E-state index in [1.807, 2.05) is 18.2 Å². The fraction of sp³-hybridized carbons (Fsp3) is 0.250. The zero-order valence-corrected chi connectivity index (χ0v) is 11.1. The molecular weight excluding hydrogens is 252 g/mol. The predicted molar refractivity (Wildman–Crippen MR) is 77.7 cm³/mol. The molecule has 0 aromatic heterocycles. The first-order valence-corrected chi connectivity index (χ1v) is 6.88. The number of ether oxygens (including phenoxy) is 2. The van der Waals surface area contributed by atoms with Crippen LogP contribution in [0.2, 0.25) is 0 Å². The van der Waals surface area contributed by atoms with E-state index in [2.05, 4.69) is 28.8 Å². The van der Waals surface area contributed by atoms with Crippen LogP contribution >= 0.6 is 0 Å². The highest BCUT2D eigenvalue weighted by atomic mass is 16.7. The Morgan fingerprint density at radius 1 is 1.05 bits per heavy atom. The summed E-state index contributed by atoms with van der Waals surface area (Å²) in [7, 11) is 0. The standard InChI is InChI=1S/C16H16N2O2/c1-2-11-9-17-7-6-13(11)14(3-1)18-12-4-5-15-16(8-12)20-10-19-15/h1-5,8,17-18H,6-7,9-10H2. The van der Waals surface area contributed by atoms with Gasteiger partial charge in [0.05, 0.1) is 0 Å². The van der Waals surface area contributed by atoms with Gasteiger partial charge in [-0.2, -0.15) is 0 Å². The zero-order chi connectivity index (χ0) is 13.4. The lowest BCUT2D eigenvalue weighted by Crippen LogP contribution is -2.24. The molecule has 0 bridgehead atoms. The van der Waals surface area contributed by atoms with Gasteiger partial charge in [-0.3, -0.25) is 0 Å². The van der Waals surface area contributed by atoms with E-state index >= 15 is 0 Å². The maximum atomic E-state index is 5.42. The highest BCUT2D eigenvalue weighted by Gasteiger charge is 2.15. The smallest absolute Gasteiger partial charge is 0.231 e. The van der Waals surface area contributed by atoms with Gasteiger partial charge >= 0.3 is 0 Å². The van der Waals surface area contributed by atoms with Crippen LogP contribution in [0, 0.1) is 0 Å². The summed E-state index contributed by atoms with van der Waals surface area (Å²) in [6.07, 6.45) is 1.06. The molecule has 4 rings (SSSR count). The first kappa shape index (κ1) is 11.6. The van der Waals surface area contributed by atoms with Crippen molar-refractivity contribution in [3.05, 3.63) is 47.5 Å². The molecule has 0 radical (unpaired) electrons. The second-order valence-electron chi connectivity index (χ2n) is 5.06. The summed E-state index contributed by atoms with van der Waals surface area (Å²) in [5, 5.41) is 6.90. The third-order valence-corrected chi connectivity index (χ3v) is 3.79. The monoisotopic (exact) mass is 268 g/mol. The molecule has 0 aliphatic carbocycles. The average Bonchev–Trinajstić information content (AvgIpc) is 2.95. The minimum atomic E-state index is 0.311. The largest absolute Gasteiger partial charge is 0.454 e. The molecule has 2 N–H and O–H groups in total. The quantitative estimate of drug-likeness (QED) is 0.879. The molecule has 2 heterocycles. The molecule has 2 aliphatic rings. The van der Waals surface area contributed by atoms with E-state index in [-0.39, 0.29) is 0 Å². The predicted octanol–water partition coefficient (Wildman–Crippen LogP) is 2.80. The van der Waals surface area contributed by atoms with Crippen molar-refractivity contribution in [3.8, 4) is 11.5 Å². The molecule has 0 saturated carbocycles. The molecule has 102 valence electrons. The lowest BCUT2D eigenvalue weighted by Gasteiger charge is -2.21. The fourth-order valence-corrected chi connectivity index (χ4v) is 2.78. The molecule has 0 amide bonds. The van der Waals surface area contributed by atoms with Gasteiger partial charge in [0, 0.05) is 24.0 Å². The third-order valence-electron chi connectivity index (χ3n) is 3.79. The van der Waals surface area contributed by atoms with Crippen LogP contribution in [0.5, 0.6) is 11.5 Å². The molecule has 4 heteroatoms. The number of benzene rings is 2. The van der Waals surface area contributed by atoms with E-state index in [0.717, 1.165) is 36.7 Å².